The van der Waals surface area contributed by atoms with Gasteiger partial charge in [0.05, 0.1) is 12.0 Å². The molecule has 0 saturated heterocycles. The van der Waals surface area contributed by atoms with Crippen molar-refractivity contribution in [3.63, 3.8) is 0 Å². The predicted molar refractivity (Wildman–Crippen MR) is 64.4 cm³/mol. The Balaban J connectivity index is 1.83. The Bertz CT molecular complexity index is 300. The molecule has 0 unspecified atom stereocenters. The average molecular weight is 243 g/mol. The number of carbonyl (C=O) groups excluding carboxylic acids is 1. The van der Waals surface area contributed by atoms with Gasteiger partial charge in [-0.3, -0.25) is 4.79 Å². The van der Waals surface area contributed by atoms with Gasteiger partial charge in [0.2, 0.25) is 0 Å². The van der Waals surface area contributed by atoms with E-state index in [0.29, 0.717) is 24.3 Å². The summed E-state index contributed by atoms with van der Waals surface area (Å²) in [5, 5.41) is 0. The third-order valence-electron chi connectivity index (χ3n) is 3.90. The van der Waals surface area contributed by atoms with Crippen LogP contribution in [0.3, 0.4) is 0 Å². The highest BCUT2D eigenvalue weighted by molar-refractivity contribution is 6.17. The molecule has 1 fully saturated rings. The summed E-state index contributed by atoms with van der Waals surface area (Å²) >= 11 is 5.57. The van der Waals surface area contributed by atoms with Gasteiger partial charge in [-0.2, -0.15) is 0 Å². The first kappa shape index (κ1) is 12.0. The summed E-state index contributed by atoms with van der Waals surface area (Å²) in [6, 6.07) is 0. The molecule has 0 heterocycles. The summed E-state index contributed by atoms with van der Waals surface area (Å²) in [4.78, 5) is 12.0. The number of fused-ring (bicyclic) bond motifs is 2. The molecule has 2 aliphatic carbocycles. The van der Waals surface area contributed by atoms with Crippen molar-refractivity contribution in [2.45, 2.75) is 32.6 Å². The van der Waals surface area contributed by atoms with Gasteiger partial charge in [-0.15, -0.1) is 11.6 Å². The highest BCUT2D eigenvalue weighted by Gasteiger charge is 2.50. The number of ether oxygens (including phenoxy) is 1. The van der Waals surface area contributed by atoms with Crippen LogP contribution in [0, 0.1) is 17.3 Å². The lowest BCUT2D eigenvalue weighted by Gasteiger charge is -2.28. The monoisotopic (exact) mass is 242 g/mol. The first-order valence-corrected chi connectivity index (χ1v) is 6.62. The number of esters is 1. The van der Waals surface area contributed by atoms with Gasteiger partial charge in [-0.1, -0.05) is 12.2 Å². The molecule has 90 valence electrons. The minimum absolute atomic E-state index is 0.0149. The number of hydrogen-bond acceptors (Lipinski definition) is 2. The van der Waals surface area contributed by atoms with Crippen molar-refractivity contribution in [3.8, 4) is 0 Å². The van der Waals surface area contributed by atoms with Gasteiger partial charge in [0, 0.05) is 5.88 Å². The molecular formula is C13H19ClO2. The molecule has 0 aliphatic heterocycles. The van der Waals surface area contributed by atoms with Gasteiger partial charge in [0.25, 0.3) is 0 Å². The minimum atomic E-state index is -0.264. The maximum Gasteiger partial charge on any atom is 0.312 e. The maximum atomic E-state index is 12.0. The molecule has 0 amide bonds. The molecule has 2 nitrogen and oxygen atoms in total. The van der Waals surface area contributed by atoms with Crippen LogP contribution >= 0.6 is 11.6 Å². The predicted octanol–water partition coefficient (Wildman–Crippen LogP) is 3.15. The van der Waals surface area contributed by atoms with Gasteiger partial charge in [-0.25, -0.2) is 0 Å². The van der Waals surface area contributed by atoms with E-state index in [9.17, 15) is 4.79 Å². The summed E-state index contributed by atoms with van der Waals surface area (Å²) < 4.78 is 5.35. The SMILES string of the molecule is C[C@]1(C(=O)OCCCCCl)C[C@@H]2C=C[C@H]1C2. The molecule has 2 aliphatic rings. The molecule has 3 atom stereocenters. The number of rotatable bonds is 5. The molecule has 0 aromatic rings. The van der Waals surface area contributed by atoms with Crippen LogP contribution in [0.15, 0.2) is 12.2 Å². The Kier molecular flexibility index (Phi) is 3.58. The lowest BCUT2D eigenvalue weighted by molar-refractivity contribution is -0.156. The van der Waals surface area contributed by atoms with Crippen molar-refractivity contribution >= 4 is 17.6 Å². The second-order valence-electron chi connectivity index (χ2n) is 5.14. The van der Waals surface area contributed by atoms with E-state index >= 15 is 0 Å². The topological polar surface area (TPSA) is 26.3 Å². The van der Waals surface area contributed by atoms with Crippen LogP contribution in [-0.2, 0) is 9.53 Å². The lowest BCUT2D eigenvalue weighted by atomic mass is 9.78. The number of halogens is 1. The molecule has 1 saturated carbocycles. The van der Waals surface area contributed by atoms with E-state index in [4.69, 9.17) is 16.3 Å². The lowest BCUT2D eigenvalue weighted by Crippen LogP contribution is -2.34. The van der Waals surface area contributed by atoms with Gasteiger partial charge in [0.1, 0.15) is 0 Å². The molecule has 0 N–H and O–H groups in total. The Morgan fingerprint density at radius 3 is 2.88 bits per heavy atom. The summed E-state index contributed by atoms with van der Waals surface area (Å²) in [7, 11) is 0. The van der Waals surface area contributed by atoms with Gasteiger partial charge >= 0.3 is 5.97 Å². The fourth-order valence-electron chi connectivity index (χ4n) is 2.86. The van der Waals surface area contributed by atoms with Crippen LogP contribution in [0.4, 0.5) is 0 Å². The number of alkyl halides is 1. The number of hydrogen-bond donors (Lipinski definition) is 0. The average Bonchev–Trinajstić information content (AvgIpc) is 2.84. The Morgan fingerprint density at radius 2 is 2.31 bits per heavy atom. The molecule has 0 aromatic carbocycles. The van der Waals surface area contributed by atoms with Gasteiger partial charge in [0.15, 0.2) is 0 Å². The van der Waals surface area contributed by atoms with Crippen molar-refractivity contribution in [1.82, 2.24) is 0 Å². The molecule has 2 rings (SSSR count). The smallest absolute Gasteiger partial charge is 0.312 e. The Labute approximate surface area is 102 Å². The van der Waals surface area contributed by atoms with E-state index in [-0.39, 0.29) is 11.4 Å². The summed E-state index contributed by atoms with van der Waals surface area (Å²) in [5.41, 5.74) is -0.264. The van der Waals surface area contributed by atoms with E-state index < -0.39 is 0 Å². The molecule has 2 bridgehead atoms. The first-order chi connectivity index (χ1) is 7.66. The van der Waals surface area contributed by atoms with Crippen LogP contribution in [0.25, 0.3) is 0 Å². The second kappa shape index (κ2) is 4.79. The van der Waals surface area contributed by atoms with Crippen LogP contribution in [0.1, 0.15) is 32.6 Å². The second-order valence-corrected chi connectivity index (χ2v) is 5.52. The van der Waals surface area contributed by atoms with Gasteiger partial charge < -0.3 is 4.74 Å². The van der Waals surface area contributed by atoms with Crippen molar-refractivity contribution in [2.75, 3.05) is 12.5 Å². The summed E-state index contributed by atoms with van der Waals surface area (Å²) in [6.07, 6.45) is 8.31. The van der Waals surface area contributed by atoms with Crippen molar-refractivity contribution in [1.29, 1.82) is 0 Å². The van der Waals surface area contributed by atoms with E-state index in [1.807, 2.05) is 6.92 Å². The Morgan fingerprint density at radius 1 is 1.50 bits per heavy atom. The Hall–Kier alpha value is -0.500. The fraction of sp³-hybridized carbons (Fsp3) is 0.769. The normalized spacial score (nSPS) is 35.6. The van der Waals surface area contributed by atoms with Crippen molar-refractivity contribution < 1.29 is 9.53 Å². The molecule has 0 spiro atoms. The third-order valence-corrected chi connectivity index (χ3v) is 4.17. The van der Waals surface area contributed by atoms with Crippen LogP contribution in [0.5, 0.6) is 0 Å². The zero-order valence-electron chi connectivity index (χ0n) is 9.75. The van der Waals surface area contributed by atoms with Crippen molar-refractivity contribution in [2.24, 2.45) is 17.3 Å². The van der Waals surface area contributed by atoms with E-state index in [1.165, 1.54) is 0 Å². The van der Waals surface area contributed by atoms with E-state index in [2.05, 4.69) is 12.2 Å². The maximum absolute atomic E-state index is 12.0. The highest BCUT2D eigenvalue weighted by Crippen LogP contribution is 2.52. The zero-order chi connectivity index (χ0) is 11.6. The van der Waals surface area contributed by atoms with E-state index in [1.54, 1.807) is 0 Å². The third kappa shape index (κ3) is 2.13. The molecule has 0 radical (unpaired) electrons. The van der Waals surface area contributed by atoms with E-state index in [0.717, 1.165) is 25.7 Å². The fourth-order valence-corrected chi connectivity index (χ4v) is 3.04. The standard InChI is InChI=1S/C13H19ClO2/c1-13(9-10-4-5-11(13)8-10)12(15)16-7-3-2-6-14/h4-5,10-11H,2-3,6-9H2,1H3/t10-,11+,13+/m1/s1. The molecule has 0 aromatic heterocycles. The number of carbonyl (C=O) groups is 1. The number of allylic oxidation sites excluding steroid dienone is 2. The molecular weight excluding hydrogens is 224 g/mol. The zero-order valence-corrected chi connectivity index (χ0v) is 10.5. The molecule has 16 heavy (non-hydrogen) atoms. The number of unbranched alkanes of at least 4 members (excludes halogenated alkanes) is 1. The largest absolute Gasteiger partial charge is 0.465 e. The van der Waals surface area contributed by atoms with Gasteiger partial charge in [-0.05, 0) is 44.4 Å². The highest BCUT2D eigenvalue weighted by atomic mass is 35.5. The first-order valence-electron chi connectivity index (χ1n) is 6.08. The summed E-state index contributed by atoms with van der Waals surface area (Å²) in [6.45, 7) is 2.56. The minimum Gasteiger partial charge on any atom is -0.465 e. The molecule has 3 heteroatoms. The van der Waals surface area contributed by atoms with Crippen LogP contribution in [0.2, 0.25) is 0 Å². The quantitative estimate of drug-likeness (QED) is 0.320. The van der Waals surface area contributed by atoms with Crippen molar-refractivity contribution in [3.05, 3.63) is 12.2 Å². The van der Waals surface area contributed by atoms with Crippen LogP contribution in [-0.4, -0.2) is 18.5 Å². The van der Waals surface area contributed by atoms with Crippen LogP contribution < -0.4 is 0 Å². The summed E-state index contributed by atoms with van der Waals surface area (Å²) in [5.74, 6) is 1.63.